The van der Waals surface area contributed by atoms with Gasteiger partial charge in [-0.25, -0.2) is 13.7 Å². The number of nitrogens with one attached hydrogen (secondary N) is 2. The third-order valence-electron chi connectivity index (χ3n) is 3.71. The Bertz CT molecular complexity index is 914. The smallest absolute Gasteiger partial charge is 0.212 e. The van der Waals surface area contributed by atoms with Crippen molar-refractivity contribution in [1.29, 1.82) is 5.26 Å². The Kier molecular flexibility index (Phi) is 7.80. The predicted molar refractivity (Wildman–Crippen MR) is 109 cm³/mol. The first-order chi connectivity index (χ1) is 13.5. The van der Waals surface area contributed by atoms with Crippen LogP contribution >= 0.6 is 12.1 Å². The summed E-state index contributed by atoms with van der Waals surface area (Å²) >= 11 is 1.30. The maximum absolute atomic E-state index is 14.4. The number of nitrogens with zero attached hydrogens (tertiary/aromatic N) is 3. The highest BCUT2D eigenvalue weighted by Gasteiger charge is 2.17. The molecule has 0 radical (unpaired) electrons. The lowest BCUT2D eigenvalue weighted by molar-refractivity contribution is -0.108. The third kappa shape index (κ3) is 5.45. The maximum atomic E-state index is 14.4. The second-order valence-corrected chi connectivity index (χ2v) is 6.65. The van der Waals surface area contributed by atoms with E-state index in [0.29, 0.717) is 23.5 Å². The van der Waals surface area contributed by atoms with Gasteiger partial charge in [-0.05, 0) is 49.9 Å². The lowest BCUT2D eigenvalue weighted by Gasteiger charge is -2.16. The van der Waals surface area contributed by atoms with Gasteiger partial charge >= 0.3 is 0 Å². The van der Waals surface area contributed by atoms with E-state index < -0.39 is 5.82 Å². The van der Waals surface area contributed by atoms with Crippen LogP contribution in [0.4, 0.5) is 15.8 Å². The van der Waals surface area contributed by atoms with Crippen LogP contribution in [0, 0.1) is 24.1 Å². The summed E-state index contributed by atoms with van der Waals surface area (Å²) < 4.78 is 25.0. The number of aliphatic imine (C=N–C) groups is 1. The van der Waals surface area contributed by atoms with Gasteiger partial charge in [-0.1, -0.05) is 6.92 Å². The number of aryl methyl sites for hydroxylation is 1. The first-order valence-electron chi connectivity index (χ1n) is 8.37. The molecule has 0 saturated heterocycles. The summed E-state index contributed by atoms with van der Waals surface area (Å²) in [4.78, 5) is 14.4. The number of carbonyl (C=O) groups excluding carboxylic acids is 1. The van der Waals surface area contributed by atoms with Crippen molar-refractivity contribution in [1.82, 2.24) is 9.62 Å². The molecule has 2 aromatic carbocycles. The van der Waals surface area contributed by atoms with Crippen molar-refractivity contribution in [2.24, 2.45) is 4.99 Å². The van der Waals surface area contributed by atoms with Crippen molar-refractivity contribution in [3.8, 4) is 17.6 Å². The molecule has 0 aliphatic heterocycles. The zero-order valence-corrected chi connectivity index (χ0v) is 16.5. The quantitative estimate of drug-likeness (QED) is 0.284. The molecule has 28 heavy (non-hydrogen) atoms. The van der Waals surface area contributed by atoms with E-state index in [2.05, 4.69) is 15.0 Å². The second-order valence-electron chi connectivity index (χ2n) is 5.64. The van der Waals surface area contributed by atoms with E-state index in [1.54, 1.807) is 25.1 Å². The summed E-state index contributed by atoms with van der Waals surface area (Å²) in [6.45, 7) is 4.59. The average molecular weight is 401 g/mol. The number of amides is 1. The fourth-order valence-corrected chi connectivity index (χ4v) is 2.69. The van der Waals surface area contributed by atoms with E-state index in [0.717, 1.165) is 12.1 Å². The van der Waals surface area contributed by atoms with Crippen molar-refractivity contribution in [2.75, 3.05) is 18.3 Å². The van der Waals surface area contributed by atoms with Crippen LogP contribution in [0.5, 0.6) is 11.5 Å². The molecule has 0 spiro atoms. The molecular weight excluding hydrogens is 381 g/mol. The number of hydrogen-bond donors (Lipinski definition) is 2. The van der Waals surface area contributed by atoms with Gasteiger partial charge in [-0.3, -0.25) is 4.79 Å². The second kappa shape index (κ2) is 10.3. The summed E-state index contributed by atoms with van der Waals surface area (Å²) in [6.07, 6.45) is 1.78. The van der Waals surface area contributed by atoms with Crippen LogP contribution in [0.15, 0.2) is 35.3 Å². The van der Waals surface area contributed by atoms with Gasteiger partial charge < -0.3 is 14.8 Å². The number of benzene rings is 2. The lowest BCUT2D eigenvalue weighted by Crippen LogP contribution is -2.11. The summed E-state index contributed by atoms with van der Waals surface area (Å²) in [5, 5.41) is 11.9. The molecule has 0 bridgehead atoms. The minimum atomic E-state index is -0.633. The normalized spacial score (nSPS) is 10.7. The summed E-state index contributed by atoms with van der Waals surface area (Å²) in [5.74, 6) is -0.415. The molecule has 2 N–H and O–H groups in total. The Morgan fingerprint density at radius 2 is 2.18 bits per heavy atom. The van der Waals surface area contributed by atoms with Crippen molar-refractivity contribution in [3.05, 3.63) is 47.3 Å². The molecule has 0 atom stereocenters. The summed E-state index contributed by atoms with van der Waals surface area (Å²) in [5.41, 5.74) is 1.92. The number of nitriles is 1. The molecule has 0 heterocycles. The topological polar surface area (TPSA) is 89.8 Å². The molecule has 0 saturated carbocycles. The van der Waals surface area contributed by atoms with Crippen LogP contribution in [0.1, 0.15) is 18.1 Å². The zero-order valence-electron chi connectivity index (χ0n) is 15.7. The molecular formula is C19H20FN5O2S. The fraction of sp³-hybridized carbons (Fsp3) is 0.211. The highest BCUT2D eigenvalue weighted by atomic mass is 32.2. The van der Waals surface area contributed by atoms with E-state index in [9.17, 15) is 14.4 Å². The maximum Gasteiger partial charge on any atom is 0.212 e. The minimum absolute atomic E-state index is 0.0759. The first kappa shape index (κ1) is 21.2. The minimum Gasteiger partial charge on any atom is -0.453 e. The van der Waals surface area contributed by atoms with E-state index in [1.165, 1.54) is 30.6 Å². The molecule has 0 aromatic heterocycles. The van der Waals surface area contributed by atoms with E-state index in [4.69, 9.17) is 4.74 Å². The monoisotopic (exact) mass is 401 g/mol. The molecule has 1 amide bonds. The number of ether oxygens (including phenoxy) is 1. The van der Waals surface area contributed by atoms with Gasteiger partial charge in [0.15, 0.2) is 11.6 Å². The van der Waals surface area contributed by atoms with E-state index >= 15 is 0 Å². The molecule has 2 aromatic rings. The average Bonchev–Trinajstić information content (AvgIpc) is 2.69. The molecule has 0 aliphatic carbocycles. The lowest BCUT2D eigenvalue weighted by atomic mass is 10.1. The standard InChI is InChI=1S/C19H20FN5O2S/c1-4-25(3)28-24-18-8-6-16(20)19(15(18)10-21)27-14-5-7-17(13(2)9-14)23-11-22-12-26/h5-9,11-12,24H,4H2,1-3H3,(H,22,23,26). The highest BCUT2D eigenvalue weighted by molar-refractivity contribution is 7.98. The van der Waals surface area contributed by atoms with Crippen molar-refractivity contribution >= 4 is 36.3 Å². The Labute approximate surface area is 167 Å². The molecule has 0 unspecified atom stereocenters. The van der Waals surface area contributed by atoms with Crippen LogP contribution in [0.2, 0.25) is 0 Å². The van der Waals surface area contributed by atoms with Crippen LogP contribution in [-0.2, 0) is 4.79 Å². The van der Waals surface area contributed by atoms with Gasteiger partial charge in [-0.2, -0.15) is 5.26 Å². The molecule has 9 heteroatoms. The Hall–Kier alpha value is -3.09. The van der Waals surface area contributed by atoms with Gasteiger partial charge in [-0.15, -0.1) is 0 Å². The summed E-state index contributed by atoms with van der Waals surface area (Å²) in [7, 11) is 1.89. The van der Waals surface area contributed by atoms with Gasteiger partial charge in [0.05, 0.1) is 17.7 Å². The summed E-state index contributed by atoms with van der Waals surface area (Å²) in [6, 6.07) is 9.71. The number of carbonyl (C=O) groups is 1. The highest BCUT2D eigenvalue weighted by Crippen LogP contribution is 2.35. The van der Waals surface area contributed by atoms with Crippen LogP contribution in [0.25, 0.3) is 0 Å². The molecule has 7 nitrogen and oxygen atoms in total. The third-order valence-corrected chi connectivity index (χ3v) is 4.59. The van der Waals surface area contributed by atoms with Crippen molar-refractivity contribution < 1.29 is 13.9 Å². The first-order valence-corrected chi connectivity index (χ1v) is 9.15. The number of anilines is 1. The van der Waals surface area contributed by atoms with Crippen LogP contribution < -0.4 is 14.8 Å². The van der Waals surface area contributed by atoms with Crippen molar-refractivity contribution in [2.45, 2.75) is 13.8 Å². The number of rotatable bonds is 9. The predicted octanol–water partition coefficient (Wildman–Crippen LogP) is 4.13. The zero-order chi connectivity index (χ0) is 20.5. The molecule has 0 aliphatic rings. The molecule has 2 rings (SSSR count). The van der Waals surface area contributed by atoms with Gasteiger partial charge in [0.1, 0.15) is 17.4 Å². The number of hydrogen-bond acceptors (Lipinski definition) is 7. The van der Waals surface area contributed by atoms with Crippen LogP contribution in [0.3, 0.4) is 0 Å². The van der Waals surface area contributed by atoms with E-state index in [-0.39, 0.29) is 11.3 Å². The largest absolute Gasteiger partial charge is 0.453 e. The Morgan fingerprint density at radius 3 is 2.82 bits per heavy atom. The van der Waals surface area contributed by atoms with Gasteiger partial charge in [0.25, 0.3) is 0 Å². The molecule has 146 valence electrons. The van der Waals surface area contributed by atoms with Gasteiger partial charge in [0, 0.05) is 18.7 Å². The Balaban J connectivity index is 2.29. The van der Waals surface area contributed by atoms with E-state index in [1.807, 2.05) is 24.3 Å². The van der Waals surface area contributed by atoms with Gasteiger partial charge in [0.2, 0.25) is 6.41 Å². The number of halogens is 1. The van der Waals surface area contributed by atoms with Crippen molar-refractivity contribution in [3.63, 3.8) is 0 Å². The van der Waals surface area contributed by atoms with Crippen LogP contribution in [-0.4, -0.2) is 30.6 Å². The molecule has 0 fully saturated rings. The fourth-order valence-electron chi connectivity index (χ4n) is 2.14. The SMILES string of the molecule is CCN(C)SNc1ccc(F)c(Oc2ccc(N=CNC=O)c(C)c2)c1C#N. The Morgan fingerprint density at radius 1 is 1.39 bits per heavy atom.